The maximum absolute atomic E-state index is 11.9. The highest BCUT2D eigenvalue weighted by Gasteiger charge is 2.19. The monoisotopic (exact) mass is 273 g/mol. The molecule has 1 heterocycles. The Morgan fingerprint density at radius 1 is 1.50 bits per heavy atom. The Kier molecular flexibility index (Phi) is 4.49. The number of nitrogens with zero attached hydrogens (tertiary/aromatic N) is 1. The van der Waals surface area contributed by atoms with Gasteiger partial charge >= 0.3 is 0 Å². The fourth-order valence-electron chi connectivity index (χ4n) is 1.88. The second-order valence-corrected chi connectivity index (χ2v) is 4.40. The lowest BCUT2D eigenvalue weighted by Crippen LogP contribution is -2.25. The Morgan fingerprint density at radius 3 is 3.00 bits per heavy atom. The Morgan fingerprint density at radius 2 is 2.35 bits per heavy atom. The number of nitrogens with one attached hydrogen (secondary N) is 2. The van der Waals surface area contributed by atoms with Gasteiger partial charge < -0.3 is 9.73 Å². The molecule has 0 aliphatic heterocycles. The second-order valence-electron chi connectivity index (χ2n) is 4.40. The van der Waals surface area contributed by atoms with Crippen molar-refractivity contribution in [1.29, 1.82) is 0 Å². The number of hydrazone groups is 1. The van der Waals surface area contributed by atoms with Gasteiger partial charge in [-0.15, -0.1) is 0 Å². The van der Waals surface area contributed by atoms with Crippen LogP contribution in [0.4, 0.5) is 0 Å². The lowest BCUT2D eigenvalue weighted by atomic mass is 9.92. The van der Waals surface area contributed by atoms with Crippen LogP contribution in [0.15, 0.2) is 51.3 Å². The minimum atomic E-state index is -0.263. The molecule has 1 aromatic heterocycles. The van der Waals surface area contributed by atoms with Gasteiger partial charge in [0.15, 0.2) is 0 Å². The van der Waals surface area contributed by atoms with Gasteiger partial charge in [-0.2, -0.15) is 5.10 Å². The van der Waals surface area contributed by atoms with Gasteiger partial charge in [0.2, 0.25) is 6.41 Å². The molecule has 6 heteroatoms. The van der Waals surface area contributed by atoms with E-state index < -0.39 is 0 Å². The van der Waals surface area contributed by atoms with Gasteiger partial charge in [0.05, 0.1) is 12.5 Å². The van der Waals surface area contributed by atoms with E-state index in [0.717, 1.165) is 5.70 Å². The van der Waals surface area contributed by atoms with E-state index in [9.17, 15) is 9.59 Å². The van der Waals surface area contributed by atoms with Crippen molar-refractivity contribution in [2.24, 2.45) is 11.0 Å². The molecule has 1 unspecified atom stereocenters. The quantitative estimate of drug-likeness (QED) is 0.482. The van der Waals surface area contributed by atoms with Crippen LogP contribution in [0, 0.1) is 5.92 Å². The number of carbonyl (C=O) groups excluding carboxylic acids is 2. The van der Waals surface area contributed by atoms with Crippen molar-refractivity contribution in [2.45, 2.75) is 13.3 Å². The van der Waals surface area contributed by atoms with Crippen molar-refractivity contribution < 1.29 is 14.0 Å². The predicted octanol–water partition coefficient (Wildman–Crippen LogP) is 1.33. The van der Waals surface area contributed by atoms with Crippen molar-refractivity contribution in [1.82, 2.24) is 10.7 Å². The van der Waals surface area contributed by atoms with E-state index in [-0.39, 0.29) is 11.8 Å². The number of carbonyl (C=O) groups is 2. The third-order valence-electron chi connectivity index (χ3n) is 2.94. The van der Waals surface area contributed by atoms with E-state index >= 15 is 0 Å². The fraction of sp³-hybridized carbons (Fsp3) is 0.214. The van der Waals surface area contributed by atoms with Crippen LogP contribution >= 0.6 is 0 Å². The summed E-state index contributed by atoms with van der Waals surface area (Å²) in [7, 11) is 0. The van der Waals surface area contributed by atoms with Gasteiger partial charge in [-0.3, -0.25) is 9.59 Å². The molecule has 0 bridgehead atoms. The molecule has 0 aromatic carbocycles. The molecule has 6 nitrogen and oxygen atoms in total. The number of amides is 2. The topological polar surface area (TPSA) is 83.7 Å². The van der Waals surface area contributed by atoms with Crippen LogP contribution in [-0.4, -0.2) is 18.5 Å². The van der Waals surface area contributed by atoms with Crippen LogP contribution in [0.25, 0.3) is 0 Å². The summed E-state index contributed by atoms with van der Waals surface area (Å²) in [4.78, 5) is 22.3. The zero-order chi connectivity index (χ0) is 14.4. The van der Waals surface area contributed by atoms with Crippen LogP contribution < -0.4 is 10.7 Å². The molecule has 0 saturated carbocycles. The summed E-state index contributed by atoms with van der Waals surface area (Å²) in [6.45, 7) is 1.94. The maximum atomic E-state index is 11.9. The van der Waals surface area contributed by atoms with E-state index in [1.807, 2.05) is 6.92 Å². The first-order valence-corrected chi connectivity index (χ1v) is 6.18. The van der Waals surface area contributed by atoms with E-state index in [1.54, 1.807) is 24.3 Å². The zero-order valence-electron chi connectivity index (χ0n) is 11.0. The van der Waals surface area contributed by atoms with E-state index in [2.05, 4.69) is 15.8 Å². The lowest BCUT2D eigenvalue weighted by molar-refractivity contribution is -0.117. The van der Waals surface area contributed by atoms with E-state index in [4.69, 9.17) is 4.42 Å². The van der Waals surface area contributed by atoms with Crippen LogP contribution in [-0.2, 0) is 9.59 Å². The average Bonchev–Trinajstić information content (AvgIpc) is 2.94. The van der Waals surface area contributed by atoms with Gasteiger partial charge in [-0.05, 0) is 24.6 Å². The average molecular weight is 273 g/mol. The Hall–Kier alpha value is -2.63. The highest BCUT2D eigenvalue weighted by molar-refractivity contribution is 5.94. The Bertz CT molecular complexity index is 570. The molecule has 2 N–H and O–H groups in total. The molecular weight excluding hydrogens is 258 g/mol. The van der Waals surface area contributed by atoms with Gasteiger partial charge in [0.25, 0.3) is 5.91 Å². The first-order chi connectivity index (χ1) is 9.70. The molecule has 2 rings (SSSR count). The molecule has 1 atom stereocenters. The van der Waals surface area contributed by atoms with E-state index in [1.165, 1.54) is 12.5 Å². The van der Waals surface area contributed by atoms with Crippen molar-refractivity contribution in [3.8, 4) is 0 Å². The van der Waals surface area contributed by atoms with Gasteiger partial charge in [-0.1, -0.05) is 13.0 Å². The predicted molar refractivity (Wildman–Crippen MR) is 73.6 cm³/mol. The van der Waals surface area contributed by atoms with Gasteiger partial charge in [0.1, 0.15) is 5.76 Å². The number of hydrogen-bond acceptors (Lipinski definition) is 4. The standard InChI is InChI=1S/C14H15N3O3/c1-10-7-11(4-5-13(10)15-9-18)14(19)17-16-8-12-3-2-6-20-12/h2-6,8-10H,7H2,1H3,(H,15,18)(H,17,19)/b16-8+. The molecule has 0 radical (unpaired) electrons. The second kappa shape index (κ2) is 6.51. The van der Waals surface area contributed by atoms with Crippen LogP contribution in [0.5, 0.6) is 0 Å². The first kappa shape index (κ1) is 13.8. The molecule has 0 spiro atoms. The molecule has 1 aliphatic carbocycles. The molecule has 1 aromatic rings. The summed E-state index contributed by atoms with van der Waals surface area (Å²) >= 11 is 0. The molecule has 20 heavy (non-hydrogen) atoms. The molecule has 0 fully saturated rings. The summed E-state index contributed by atoms with van der Waals surface area (Å²) in [5.41, 5.74) is 3.86. The number of allylic oxidation sites excluding steroid dienone is 3. The third kappa shape index (κ3) is 3.44. The maximum Gasteiger partial charge on any atom is 0.267 e. The SMILES string of the molecule is CC1CC(C(=O)N/N=C/c2ccco2)=CC=C1NC=O. The fourth-order valence-corrected chi connectivity index (χ4v) is 1.88. The van der Waals surface area contributed by atoms with Crippen LogP contribution in [0.2, 0.25) is 0 Å². The molecule has 0 saturated heterocycles. The minimum absolute atomic E-state index is 0.0833. The first-order valence-electron chi connectivity index (χ1n) is 6.18. The smallest absolute Gasteiger partial charge is 0.267 e. The Balaban J connectivity index is 1.94. The van der Waals surface area contributed by atoms with Crippen LogP contribution in [0.3, 0.4) is 0 Å². The van der Waals surface area contributed by atoms with Crippen molar-refractivity contribution in [2.75, 3.05) is 0 Å². The summed E-state index contributed by atoms with van der Waals surface area (Å²) in [5.74, 6) is 0.384. The normalized spacial score (nSPS) is 18.4. The number of hydrogen-bond donors (Lipinski definition) is 2. The molecule has 2 amide bonds. The Labute approximate surface area is 116 Å². The lowest BCUT2D eigenvalue weighted by Gasteiger charge is -2.19. The highest BCUT2D eigenvalue weighted by Crippen LogP contribution is 2.22. The van der Waals surface area contributed by atoms with Crippen molar-refractivity contribution in [3.05, 3.63) is 47.6 Å². The summed E-state index contributed by atoms with van der Waals surface area (Å²) in [5, 5.41) is 6.44. The summed E-state index contributed by atoms with van der Waals surface area (Å²) in [6, 6.07) is 3.47. The molecular formula is C14H15N3O3. The van der Waals surface area contributed by atoms with Crippen LogP contribution in [0.1, 0.15) is 19.1 Å². The number of rotatable bonds is 5. The zero-order valence-corrected chi connectivity index (χ0v) is 11.0. The molecule has 104 valence electrons. The van der Waals surface area contributed by atoms with Crippen molar-refractivity contribution >= 4 is 18.5 Å². The summed E-state index contributed by atoms with van der Waals surface area (Å²) < 4.78 is 5.05. The summed E-state index contributed by atoms with van der Waals surface area (Å²) in [6.07, 6.45) is 7.56. The third-order valence-corrected chi connectivity index (χ3v) is 2.94. The molecule has 1 aliphatic rings. The van der Waals surface area contributed by atoms with Crippen molar-refractivity contribution in [3.63, 3.8) is 0 Å². The van der Waals surface area contributed by atoms with Gasteiger partial charge in [0, 0.05) is 17.2 Å². The largest absolute Gasteiger partial charge is 0.463 e. The highest BCUT2D eigenvalue weighted by atomic mass is 16.3. The van der Waals surface area contributed by atoms with E-state index in [0.29, 0.717) is 24.2 Å². The van der Waals surface area contributed by atoms with Gasteiger partial charge in [-0.25, -0.2) is 5.43 Å². The number of furan rings is 1. The minimum Gasteiger partial charge on any atom is -0.463 e.